The topological polar surface area (TPSA) is 161 Å². The summed E-state index contributed by atoms with van der Waals surface area (Å²) in [5, 5.41) is 5.62. The molecule has 0 aliphatic carbocycles. The minimum atomic E-state index is -0.660. The van der Waals surface area contributed by atoms with Gasteiger partial charge in [0.1, 0.15) is 6.61 Å². The normalized spacial score (nSPS) is 15.0. The number of ether oxygens (including phenoxy) is 5. The molecule has 7 rings (SSSR count). The fourth-order valence-electron chi connectivity index (χ4n) is 8.08. The van der Waals surface area contributed by atoms with E-state index in [9.17, 15) is 19.2 Å². The zero-order valence-corrected chi connectivity index (χ0v) is 37.2. The molecule has 15 heteroatoms. The molecule has 338 valence electrons. The average Bonchev–Trinajstić information content (AvgIpc) is 3.83. The number of para-hydroxylation sites is 2. The summed E-state index contributed by atoms with van der Waals surface area (Å²) in [6.07, 6.45) is 4.52. The molecule has 15 nitrogen and oxygen atoms in total. The molecule has 65 heavy (non-hydrogen) atoms. The van der Waals surface area contributed by atoms with Gasteiger partial charge < -0.3 is 44.1 Å². The number of nitrogens with zero attached hydrogens (tertiary/aromatic N) is 4. The van der Waals surface area contributed by atoms with E-state index in [1.54, 1.807) is 55.6 Å². The molecule has 2 aliphatic heterocycles. The zero-order chi connectivity index (χ0) is 45.9. The first-order valence-corrected chi connectivity index (χ1v) is 21.4. The third kappa shape index (κ3) is 10.7. The van der Waals surface area contributed by atoms with E-state index >= 15 is 0 Å². The van der Waals surface area contributed by atoms with Crippen molar-refractivity contribution in [3.8, 4) is 23.0 Å². The number of benzene rings is 5. The minimum absolute atomic E-state index is 0.0293. The van der Waals surface area contributed by atoms with Crippen LogP contribution in [0.5, 0.6) is 23.0 Å². The predicted molar refractivity (Wildman–Crippen MR) is 252 cm³/mol. The molecular formula is C50H54N6O9. The van der Waals surface area contributed by atoms with Crippen LogP contribution in [-0.2, 0) is 29.0 Å². The maximum absolute atomic E-state index is 14.2. The number of fused-ring (bicyclic) bond motifs is 2. The van der Waals surface area contributed by atoms with E-state index in [1.807, 2.05) is 50.6 Å². The number of rotatable bonds is 20. The van der Waals surface area contributed by atoms with E-state index in [0.717, 1.165) is 29.6 Å². The summed E-state index contributed by atoms with van der Waals surface area (Å²) < 4.78 is 29.6. The van der Waals surface area contributed by atoms with Gasteiger partial charge >= 0.3 is 6.09 Å². The number of nitrogens with one attached hydrogen (secondary N) is 2. The lowest BCUT2D eigenvalue weighted by Crippen LogP contribution is -2.44. The first-order chi connectivity index (χ1) is 31.6. The van der Waals surface area contributed by atoms with Crippen LogP contribution in [0.15, 0.2) is 102 Å². The number of hydrogen-bond acceptors (Lipinski definition) is 13. The number of anilines is 4. The average molecular weight is 883 g/mol. The maximum atomic E-state index is 14.2. The molecule has 0 radical (unpaired) electrons. The third-order valence-corrected chi connectivity index (χ3v) is 11.6. The Morgan fingerprint density at radius 3 is 2.00 bits per heavy atom. The summed E-state index contributed by atoms with van der Waals surface area (Å²) in [5.74, 6) is 1.25. The molecule has 2 aliphatic rings. The summed E-state index contributed by atoms with van der Waals surface area (Å²) in [4.78, 5) is 61.5. The highest BCUT2D eigenvalue weighted by atomic mass is 16.6. The van der Waals surface area contributed by atoms with Crippen LogP contribution in [0, 0.1) is 0 Å². The van der Waals surface area contributed by atoms with Gasteiger partial charge in [0.15, 0.2) is 35.6 Å². The van der Waals surface area contributed by atoms with Crippen LogP contribution in [-0.4, -0.2) is 105 Å². The van der Waals surface area contributed by atoms with Crippen molar-refractivity contribution in [1.82, 2.24) is 5.32 Å². The number of aldehydes is 2. The van der Waals surface area contributed by atoms with Gasteiger partial charge in [-0.3, -0.25) is 24.3 Å². The van der Waals surface area contributed by atoms with Crippen LogP contribution in [0.2, 0.25) is 0 Å². The summed E-state index contributed by atoms with van der Waals surface area (Å²) >= 11 is 0. The van der Waals surface area contributed by atoms with Gasteiger partial charge in [0.2, 0.25) is 5.91 Å². The highest BCUT2D eigenvalue weighted by Gasteiger charge is 2.32. The fourth-order valence-corrected chi connectivity index (χ4v) is 8.08. The second kappa shape index (κ2) is 21.3. The number of carbonyl (C=O) groups is 4. The van der Waals surface area contributed by atoms with Crippen molar-refractivity contribution in [3.63, 3.8) is 0 Å². The third-order valence-electron chi connectivity index (χ3n) is 11.6. The molecular weight excluding hydrogens is 829 g/mol. The number of aliphatic imine (C=N–C) groups is 1. The fraction of sp³-hybridized carbons (Fsp3) is 0.300. The Morgan fingerprint density at radius 1 is 0.769 bits per heavy atom. The van der Waals surface area contributed by atoms with Gasteiger partial charge in [-0.05, 0) is 73.0 Å². The summed E-state index contributed by atoms with van der Waals surface area (Å²) in [7, 11) is 8.69. The van der Waals surface area contributed by atoms with E-state index in [4.69, 9.17) is 28.7 Å². The standard InChI is InChI=1S/C50H54N6O9/c1-51-28-49(59)53-38-17-15-33(16-18-38)32-65-50(60)56(29-40-22-35-12-7-9-14-43(35)55(40)3)44-26-48(46(62-5)24-37(44)31-58)64-20-10-19-63-47-25-41(36(30-57)23-45(47)61-4)52-27-39-21-34-11-6-8-13-42(34)54(39)2/h6-9,11-18,23-27,30-31,39-40,51H,10,19-22,28-29,32H2,1-5H3,(H,53,59). The van der Waals surface area contributed by atoms with Crippen molar-refractivity contribution in [2.24, 2.45) is 4.99 Å². The lowest BCUT2D eigenvalue weighted by molar-refractivity contribution is -0.115. The first-order valence-electron chi connectivity index (χ1n) is 21.4. The Kier molecular flexibility index (Phi) is 15.0. The quantitative estimate of drug-likeness (QED) is 0.0457. The molecule has 0 saturated carbocycles. The second-order valence-corrected chi connectivity index (χ2v) is 15.7. The maximum Gasteiger partial charge on any atom is 0.414 e. The molecule has 5 aromatic carbocycles. The molecule has 0 bridgehead atoms. The van der Waals surface area contributed by atoms with Gasteiger partial charge in [-0.1, -0.05) is 48.5 Å². The molecule has 0 fully saturated rings. The Balaban J connectivity index is 1.05. The number of methoxy groups -OCH3 is 2. The minimum Gasteiger partial charge on any atom is -0.493 e. The second-order valence-electron chi connectivity index (χ2n) is 15.7. The van der Waals surface area contributed by atoms with Gasteiger partial charge in [-0.2, -0.15) is 0 Å². The van der Waals surface area contributed by atoms with Crippen molar-refractivity contribution in [2.75, 3.05) is 81.7 Å². The van der Waals surface area contributed by atoms with Crippen LogP contribution in [0.25, 0.3) is 0 Å². The van der Waals surface area contributed by atoms with Crippen molar-refractivity contribution in [1.29, 1.82) is 0 Å². The monoisotopic (exact) mass is 882 g/mol. The Bertz CT molecular complexity index is 2530. The first kappa shape index (κ1) is 45.6. The van der Waals surface area contributed by atoms with Crippen LogP contribution >= 0.6 is 0 Å². The summed E-state index contributed by atoms with van der Waals surface area (Å²) in [6, 6.07) is 29.7. The van der Waals surface area contributed by atoms with Gasteiger partial charge in [-0.25, -0.2) is 4.79 Å². The van der Waals surface area contributed by atoms with Crippen LogP contribution in [0.4, 0.5) is 33.2 Å². The predicted octanol–water partition coefficient (Wildman–Crippen LogP) is 7.30. The van der Waals surface area contributed by atoms with E-state index in [-0.39, 0.29) is 56.5 Å². The number of carbonyl (C=O) groups excluding carboxylic acids is 4. The Morgan fingerprint density at radius 2 is 1.38 bits per heavy atom. The van der Waals surface area contributed by atoms with Crippen molar-refractivity contribution < 1.29 is 42.9 Å². The molecule has 2 N–H and O–H groups in total. The lowest BCUT2D eigenvalue weighted by atomic mass is 10.1. The van der Waals surface area contributed by atoms with Gasteiger partial charge in [0.25, 0.3) is 0 Å². The van der Waals surface area contributed by atoms with Gasteiger partial charge in [0, 0.05) is 73.6 Å². The van der Waals surface area contributed by atoms with E-state index in [1.165, 1.54) is 24.7 Å². The van der Waals surface area contributed by atoms with E-state index < -0.39 is 6.09 Å². The van der Waals surface area contributed by atoms with Crippen molar-refractivity contribution in [3.05, 3.63) is 125 Å². The SMILES string of the molecule is CNCC(=O)Nc1ccc(COC(=O)N(CC2Cc3ccccc3N2C)c2cc(OCCCOc3cc(N=CC4Cc5ccccc5N4C)c(C=O)cc3OC)c(OC)cc2C=O)cc1. The van der Waals surface area contributed by atoms with E-state index in [0.29, 0.717) is 70.3 Å². The van der Waals surface area contributed by atoms with E-state index in [2.05, 4.69) is 38.6 Å². The van der Waals surface area contributed by atoms with Crippen molar-refractivity contribution >= 4 is 59.2 Å². The largest absolute Gasteiger partial charge is 0.493 e. The zero-order valence-electron chi connectivity index (χ0n) is 37.2. The molecule has 0 aromatic heterocycles. The molecule has 2 atom stereocenters. The summed E-state index contributed by atoms with van der Waals surface area (Å²) in [6.45, 7) is 0.718. The smallest absolute Gasteiger partial charge is 0.414 e. The Hall–Kier alpha value is -7.39. The highest BCUT2D eigenvalue weighted by Crippen LogP contribution is 2.39. The number of hydrogen-bond donors (Lipinski definition) is 2. The highest BCUT2D eigenvalue weighted by molar-refractivity contribution is 5.96. The number of likely N-dealkylation sites (N-methyl/N-ethyl adjacent to an activating group) is 3. The van der Waals surface area contributed by atoms with Gasteiger partial charge in [0.05, 0.1) is 57.4 Å². The van der Waals surface area contributed by atoms with Crippen LogP contribution in [0.3, 0.4) is 0 Å². The molecule has 2 unspecified atom stereocenters. The Labute approximate surface area is 378 Å². The van der Waals surface area contributed by atoms with Crippen LogP contribution in [0.1, 0.15) is 43.8 Å². The van der Waals surface area contributed by atoms with Gasteiger partial charge in [-0.15, -0.1) is 0 Å². The van der Waals surface area contributed by atoms with Crippen molar-refractivity contribution in [2.45, 2.75) is 38.0 Å². The number of amides is 2. The lowest BCUT2D eigenvalue weighted by Gasteiger charge is -2.31. The summed E-state index contributed by atoms with van der Waals surface area (Å²) in [5.41, 5.74) is 7.26. The molecule has 2 amide bonds. The molecule has 0 spiro atoms. The molecule has 0 saturated heterocycles. The molecule has 2 heterocycles. The molecule has 5 aromatic rings. The van der Waals surface area contributed by atoms with Crippen LogP contribution < -0.4 is 44.3 Å².